The first-order chi connectivity index (χ1) is 7.83. The van der Waals surface area contributed by atoms with Crippen LogP contribution in [0, 0.1) is 6.92 Å². The fraction of sp³-hybridized carbons (Fsp3) is 0.154. The minimum Gasteiger partial charge on any atom is -0.464 e. The van der Waals surface area contributed by atoms with Crippen LogP contribution in [0.2, 0.25) is 0 Å². The Morgan fingerprint density at radius 3 is 2.88 bits per heavy atom. The van der Waals surface area contributed by atoms with Crippen LogP contribution in [0.5, 0.6) is 0 Å². The van der Waals surface area contributed by atoms with Crippen molar-refractivity contribution in [1.82, 2.24) is 9.55 Å². The number of hydrogen-bond donors (Lipinski definition) is 0. The summed E-state index contributed by atoms with van der Waals surface area (Å²) in [5, 5.41) is 0. The standard InChI is InChI=1S/C13H12N2O/c1-10-6-7-11(16-10)8-15-9-14-12-4-2-3-5-13(12)15/h2-7,9H,8H2,1H3. The Labute approximate surface area is 93.3 Å². The van der Waals surface area contributed by atoms with Crippen LogP contribution in [0.15, 0.2) is 47.1 Å². The topological polar surface area (TPSA) is 31.0 Å². The van der Waals surface area contributed by atoms with E-state index >= 15 is 0 Å². The summed E-state index contributed by atoms with van der Waals surface area (Å²) in [4.78, 5) is 4.34. The number of nitrogens with zero attached hydrogens (tertiary/aromatic N) is 2. The van der Waals surface area contributed by atoms with Crippen LogP contribution in [0.4, 0.5) is 0 Å². The Morgan fingerprint density at radius 1 is 1.19 bits per heavy atom. The van der Waals surface area contributed by atoms with Crippen molar-refractivity contribution in [2.24, 2.45) is 0 Å². The van der Waals surface area contributed by atoms with Gasteiger partial charge in [0.2, 0.25) is 0 Å². The van der Waals surface area contributed by atoms with Gasteiger partial charge in [-0.25, -0.2) is 4.98 Å². The molecule has 3 nitrogen and oxygen atoms in total. The summed E-state index contributed by atoms with van der Waals surface area (Å²) in [6.07, 6.45) is 1.85. The number of para-hydroxylation sites is 2. The molecule has 0 saturated carbocycles. The molecule has 80 valence electrons. The zero-order valence-electron chi connectivity index (χ0n) is 9.05. The van der Waals surface area contributed by atoms with E-state index in [4.69, 9.17) is 4.42 Å². The molecule has 0 spiro atoms. The summed E-state index contributed by atoms with van der Waals surface area (Å²) in [5.41, 5.74) is 2.15. The third-order valence-electron chi connectivity index (χ3n) is 2.65. The lowest BCUT2D eigenvalue weighted by Crippen LogP contribution is -1.95. The molecule has 0 bridgehead atoms. The highest BCUT2D eigenvalue weighted by molar-refractivity contribution is 5.74. The lowest BCUT2D eigenvalue weighted by atomic mass is 10.3. The van der Waals surface area contributed by atoms with Crippen molar-refractivity contribution in [3.63, 3.8) is 0 Å². The largest absolute Gasteiger partial charge is 0.464 e. The molecule has 2 heterocycles. The van der Waals surface area contributed by atoms with Crippen LogP contribution in [-0.4, -0.2) is 9.55 Å². The second-order valence-corrected chi connectivity index (χ2v) is 3.87. The molecule has 16 heavy (non-hydrogen) atoms. The lowest BCUT2D eigenvalue weighted by Gasteiger charge is -2.00. The highest BCUT2D eigenvalue weighted by atomic mass is 16.3. The van der Waals surface area contributed by atoms with Gasteiger partial charge in [0, 0.05) is 0 Å². The van der Waals surface area contributed by atoms with Gasteiger partial charge in [0.15, 0.2) is 0 Å². The summed E-state index contributed by atoms with van der Waals surface area (Å²) in [5.74, 6) is 1.90. The average Bonchev–Trinajstić information content (AvgIpc) is 2.87. The zero-order valence-corrected chi connectivity index (χ0v) is 9.05. The number of benzene rings is 1. The predicted octanol–water partition coefficient (Wildman–Crippen LogP) is 2.99. The molecule has 2 aromatic heterocycles. The van der Waals surface area contributed by atoms with Gasteiger partial charge in [-0.05, 0) is 31.2 Å². The zero-order chi connectivity index (χ0) is 11.0. The minimum absolute atomic E-state index is 0.731. The normalized spacial score (nSPS) is 11.1. The average molecular weight is 212 g/mol. The number of rotatable bonds is 2. The van der Waals surface area contributed by atoms with Gasteiger partial charge >= 0.3 is 0 Å². The quantitative estimate of drug-likeness (QED) is 0.653. The van der Waals surface area contributed by atoms with E-state index in [2.05, 4.69) is 15.6 Å². The highest BCUT2D eigenvalue weighted by Gasteiger charge is 2.04. The number of fused-ring (bicyclic) bond motifs is 1. The van der Waals surface area contributed by atoms with E-state index in [0.717, 1.165) is 29.1 Å². The second kappa shape index (κ2) is 3.52. The lowest BCUT2D eigenvalue weighted by molar-refractivity contribution is 0.472. The number of imidazole rings is 1. The molecule has 0 aliphatic carbocycles. The minimum atomic E-state index is 0.731. The number of aromatic nitrogens is 2. The van der Waals surface area contributed by atoms with Crippen LogP contribution in [0.3, 0.4) is 0 Å². The smallest absolute Gasteiger partial charge is 0.123 e. The van der Waals surface area contributed by atoms with E-state index in [9.17, 15) is 0 Å². The van der Waals surface area contributed by atoms with Crippen molar-refractivity contribution < 1.29 is 4.42 Å². The van der Waals surface area contributed by atoms with Gasteiger partial charge in [-0.1, -0.05) is 12.1 Å². The Balaban J connectivity index is 2.00. The summed E-state index contributed by atoms with van der Waals surface area (Å²) in [6, 6.07) is 12.1. The molecular weight excluding hydrogens is 200 g/mol. The highest BCUT2D eigenvalue weighted by Crippen LogP contribution is 2.15. The molecule has 3 aromatic rings. The second-order valence-electron chi connectivity index (χ2n) is 3.87. The maximum atomic E-state index is 5.56. The Bertz CT molecular complexity index is 621. The number of furan rings is 1. The molecule has 1 aromatic carbocycles. The first-order valence-electron chi connectivity index (χ1n) is 5.28. The fourth-order valence-corrected chi connectivity index (χ4v) is 1.87. The molecular formula is C13H12N2O. The maximum Gasteiger partial charge on any atom is 0.123 e. The Morgan fingerprint density at radius 2 is 2.06 bits per heavy atom. The van der Waals surface area contributed by atoms with Gasteiger partial charge in [0.1, 0.15) is 11.5 Å². The van der Waals surface area contributed by atoms with Crippen LogP contribution in [-0.2, 0) is 6.54 Å². The molecule has 0 radical (unpaired) electrons. The predicted molar refractivity (Wildman–Crippen MR) is 62.3 cm³/mol. The third-order valence-corrected chi connectivity index (χ3v) is 2.65. The van der Waals surface area contributed by atoms with Crippen molar-refractivity contribution in [3.05, 3.63) is 54.2 Å². The molecule has 3 heteroatoms. The molecule has 0 amide bonds. The van der Waals surface area contributed by atoms with E-state index in [-0.39, 0.29) is 0 Å². The van der Waals surface area contributed by atoms with Gasteiger partial charge in [-0.15, -0.1) is 0 Å². The Kier molecular flexibility index (Phi) is 2.03. The summed E-state index contributed by atoms with van der Waals surface area (Å²) in [7, 11) is 0. The molecule has 0 fully saturated rings. The molecule has 0 aliphatic rings. The van der Waals surface area contributed by atoms with Gasteiger partial charge in [-0.3, -0.25) is 0 Å². The van der Waals surface area contributed by atoms with E-state index in [1.54, 1.807) is 0 Å². The van der Waals surface area contributed by atoms with Crippen molar-refractivity contribution in [1.29, 1.82) is 0 Å². The first-order valence-corrected chi connectivity index (χ1v) is 5.28. The summed E-state index contributed by atoms with van der Waals surface area (Å²) >= 11 is 0. The van der Waals surface area contributed by atoms with Gasteiger partial charge < -0.3 is 8.98 Å². The van der Waals surface area contributed by atoms with Crippen molar-refractivity contribution >= 4 is 11.0 Å². The van der Waals surface area contributed by atoms with E-state index < -0.39 is 0 Å². The molecule has 0 N–H and O–H groups in total. The van der Waals surface area contributed by atoms with Gasteiger partial charge in [0.05, 0.1) is 23.9 Å². The molecule has 3 rings (SSSR count). The molecule has 0 atom stereocenters. The summed E-state index contributed by atoms with van der Waals surface area (Å²) < 4.78 is 7.65. The van der Waals surface area contributed by atoms with Gasteiger partial charge in [0.25, 0.3) is 0 Å². The van der Waals surface area contributed by atoms with Crippen molar-refractivity contribution in [3.8, 4) is 0 Å². The number of hydrogen-bond acceptors (Lipinski definition) is 2. The van der Waals surface area contributed by atoms with Crippen LogP contribution in [0.1, 0.15) is 11.5 Å². The Hall–Kier alpha value is -2.03. The molecule has 0 aliphatic heterocycles. The fourth-order valence-electron chi connectivity index (χ4n) is 1.87. The van der Waals surface area contributed by atoms with Gasteiger partial charge in [-0.2, -0.15) is 0 Å². The summed E-state index contributed by atoms with van der Waals surface area (Å²) in [6.45, 7) is 2.68. The van der Waals surface area contributed by atoms with E-state index in [0.29, 0.717) is 0 Å². The molecule has 0 saturated heterocycles. The van der Waals surface area contributed by atoms with Crippen molar-refractivity contribution in [2.75, 3.05) is 0 Å². The van der Waals surface area contributed by atoms with Crippen LogP contribution < -0.4 is 0 Å². The first kappa shape index (κ1) is 9.21. The monoisotopic (exact) mass is 212 g/mol. The van der Waals surface area contributed by atoms with Crippen molar-refractivity contribution in [2.45, 2.75) is 13.5 Å². The van der Waals surface area contributed by atoms with E-state index in [1.165, 1.54) is 0 Å². The SMILES string of the molecule is Cc1ccc(Cn2cnc3ccccc32)o1. The van der Waals surface area contributed by atoms with Crippen LogP contribution in [0.25, 0.3) is 11.0 Å². The van der Waals surface area contributed by atoms with Crippen LogP contribution >= 0.6 is 0 Å². The number of aryl methyl sites for hydroxylation is 1. The third kappa shape index (κ3) is 1.50. The molecule has 0 unspecified atom stereocenters. The maximum absolute atomic E-state index is 5.56. The van der Waals surface area contributed by atoms with E-state index in [1.807, 2.05) is 43.6 Å².